The average molecular weight is 177 g/mol. The number of carboxylic acids is 1. The Morgan fingerprint density at radius 2 is 2.31 bits per heavy atom. The fourth-order valence-electron chi connectivity index (χ4n) is 1.28. The smallest absolute Gasteiger partial charge is 0.355 e. The normalized spacial score (nSPS) is 10.5. The number of rotatable bonds is 1. The lowest BCUT2D eigenvalue weighted by Gasteiger charge is -1.93. The van der Waals surface area contributed by atoms with Gasteiger partial charge in [-0.25, -0.2) is 9.78 Å². The van der Waals surface area contributed by atoms with Crippen molar-refractivity contribution in [3.05, 3.63) is 30.0 Å². The molecule has 0 fully saturated rings. The molecule has 2 rings (SSSR count). The standard InChI is InChI=1S/C9H7NO3/c1-5-6-2-3-10-8(9(11)12)7(6)4-13-5/h2-4H,1H3,(H,11,12). The van der Waals surface area contributed by atoms with Crippen LogP contribution in [0.4, 0.5) is 0 Å². The van der Waals surface area contributed by atoms with Crippen molar-refractivity contribution in [3.63, 3.8) is 0 Å². The van der Waals surface area contributed by atoms with Crippen molar-refractivity contribution in [2.24, 2.45) is 0 Å². The van der Waals surface area contributed by atoms with Gasteiger partial charge in [0.25, 0.3) is 0 Å². The Bertz CT molecular complexity index is 473. The van der Waals surface area contributed by atoms with Gasteiger partial charge in [0.05, 0.1) is 5.39 Å². The third-order valence-corrected chi connectivity index (χ3v) is 1.93. The van der Waals surface area contributed by atoms with Gasteiger partial charge in [0, 0.05) is 11.6 Å². The van der Waals surface area contributed by atoms with E-state index < -0.39 is 5.97 Å². The van der Waals surface area contributed by atoms with Gasteiger partial charge in [0.15, 0.2) is 5.69 Å². The van der Waals surface area contributed by atoms with Crippen LogP contribution in [-0.4, -0.2) is 16.1 Å². The number of pyridine rings is 1. The SMILES string of the molecule is Cc1occ2c(C(=O)O)nccc12. The molecule has 0 saturated heterocycles. The van der Waals surface area contributed by atoms with Gasteiger partial charge >= 0.3 is 5.97 Å². The Morgan fingerprint density at radius 3 is 3.00 bits per heavy atom. The molecule has 0 unspecified atom stereocenters. The molecule has 4 nitrogen and oxygen atoms in total. The van der Waals surface area contributed by atoms with Gasteiger partial charge in [0.2, 0.25) is 0 Å². The number of carbonyl (C=O) groups is 1. The Labute approximate surface area is 73.8 Å². The molecule has 2 aromatic rings. The number of hydrogen-bond donors (Lipinski definition) is 1. The van der Waals surface area contributed by atoms with Gasteiger partial charge in [-0.3, -0.25) is 0 Å². The summed E-state index contributed by atoms with van der Waals surface area (Å²) in [5.41, 5.74) is 0.0364. The van der Waals surface area contributed by atoms with E-state index in [9.17, 15) is 4.79 Å². The summed E-state index contributed by atoms with van der Waals surface area (Å²) in [6.45, 7) is 1.79. The first-order chi connectivity index (χ1) is 6.20. The van der Waals surface area contributed by atoms with Gasteiger partial charge in [-0.2, -0.15) is 0 Å². The van der Waals surface area contributed by atoms with E-state index in [1.54, 1.807) is 13.0 Å². The fourth-order valence-corrected chi connectivity index (χ4v) is 1.28. The first-order valence-electron chi connectivity index (χ1n) is 3.76. The molecule has 0 radical (unpaired) electrons. The zero-order valence-electron chi connectivity index (χ0n) is 6.94. The Kier molecular flexibility index (Phi) is 1.55. The van der Waals surface area contributed by atoms with Crippen LogP contribution in [0.25, 0.3) is 10.8 Å². The molecule has 0 aliphatic carbocycles. The van der Waals surface area contributed by atoms with E-state index in [2.05, 4.69) is 4.98 Å². The zero-order valence-corrected chi connectivity index (χ0v) is 6.94. The van der Waals surface area contributed by atoms with E-state index in [0.29, 0.717) is 11.1 Å². The summed E-state index contributed by atoms with van der Waals surface area (Å²) < 4.78 is 5.10. The molecule has 0 aliphatic rings. The van der Waals surface area contributed by atoms with E-state index in [-0.39, 0.29) is 5.69 Å². The lowest BCUT2D eigenvalue weighted by atomic mass is 10.2. The predicted octanol–water partition coefficient (Wildman–Crippen LogP) is 1.83. The minimum atomic E-state index is -1.04. The van der Waals surface area contributed by atoms with Crippen LogP contribution in [-0.2, 0) is 0 Å². The van der Waals surface area contributed by atoms with Gasteiger partial charge in [-0.1, -0.05) is 0 Å². The number of aryl methyl sites for hydroxylation is 1. The third-order valence-electron chi connectivity index (χ3n) is 1.93. The summed E-state index contributed by atoms with van der Waals surface area (Å²) in [6.07, 6.45) is 2.88. The van der Waals surface area contributed by atoms with Gasteiger partial charge in [-0.05, 0) is 13.0 Å². The van der Waals surface area contributed by atoms with E-state index in [1.807, 2.05) is 0 Å². The van der Waals surface area contributed by atoms with Crippen LogP contribution in [0.5, 0.6) is 0 Å². The maximum atomic E-state index is 10.7. The Balaban J connectivity index is 2.84. The van der Waals surface area contributed by atoms with Crippen LogP contribution in [0.15, 0.2) is 22.9 Å². The lowest BCUT2D eigenvalue weighted by molar-refractivity contribution is 0.0693. The number of hydrogen-bond acceptors (Lipinski definition) is 3. The van der Waals surface area contributed by atoms with Crippen molar-refractivity contribution < 1.29 is 14.3 Å². The van der Waals surface area contributed by atoms with E-state index in [0.717, 1.165) is 5.39 Å². The molecule has 0 atom stereocenters. The van der Waals surface area contributed by atoms with Crippen molar-refractivity contribution in [2.75, 3.05) is 0 Å². The van der Waals surface area contributed by atoms with Crippen molar-refractivity contribution >= 4 is 16.7 Å². The summed E-state index contributed by atoms with van der Waals surface area (Å²) >= 11 is 0. The number of carboxylic acid groups (broad SMARTS) is 1. The summed E-state index contributed by atoms with van der Waals surface area (Å²) in [5.74, 6) is -0.327. The maximum absolute atomic E-state index is 10.7. The zero-order chi connectivity index (χ0) is 9.42. The molecular weight excluding hydrogens is 170 g/mol. The second-order valence-electron chi connectivity index (χ2n) is 2.72. The van der Waals surface area contributed by atoms with Gasteiger partial charge < -0.3 is 9.52 Å². The largest absolute Gasteiger partial charge is 0.476 e. The molecule has 0 aliphatic heterocycles. The van der Waals surface area contributed by atoms with Gasteiger partial charge in [-0.15, -0.1) is 0 Å². The highest BCUT2D eigenvalue weighted by atomic mass is 16.4. The second-order valence-corrected chi connectivity index (χ2v) is 2.72. The van der Waals surface area contributed by atoms with E-state index in [4.69, 9.17) is 9.52 Å². The molecule has 2 aromatic heterocycles. The topological polar surface area (TPSA) is 63.3 Å². The molecule has 1 N–H and O–H groups in total. The van der Waals surface area contributed by atoms with E-state index in [1.165, 1.54) is 12.5 Å². The molecule has 0 saturated carbocycles. The van der Waals surface area contributed by atoms with Crippen molar-refractivity contribution in [3.8, 4) is 0 Å². The number of nitrogens with zero attached hydrogens (tertiary/aromatic N) is 1. The number of aromatic carboxylic acids is 1. The highest BCUT2D eigenvalue weighted by Gasteiger charge is 2.12. The van der Waals surface area contributed by atoms with Gasteiger partial charge in [0.1, 0.15) is 12.0 Å². The van der Waals surface area contributed by atoms with Crippen LogP contribution in [0.2, 0.25) is 0 Å². The minimum absolute atomic E-state index is 0.0364. The third kappa shape index (κ3) is 1.07. The summed E-state index contributed by atoms with van der Waals surface area (Å²) in [4.78, 5) is 14.5. The fraction of sp³-hybridized carbons (Fsp3) is 0.111. The highest BCUT2D eigenvalue weighted by Crippen LogP contribution is 2.21. The second kappa shape index (κ2) is 2.58. The molecule has 0 aromatic carbocycles. The summed E-state index contributed by atoms with van der Waals surface area (Å²) in [6, 6.07) is 1.74. The first-order valence-corrected chi connectivity index (χ1v) is 3.76. The quantitative estimate of drug-likeness (QED) is 0.721. The van der Waals surface area contributed by atoms with E-state index >= 15 is 0 Å². The predicted molar refractivity (Wildman–Crippen MR) is 45.7 cm³/mol. The van der Waals surface area contributed by atoms with Crippen molar-refractivity contribution in [2.45, 2.75) is 6.92 Å². The van der Waals surface area contributed by atoms with Crippen molar-refractivity contribution in [1.29, 1.82) is 0 Å². The van der Waals surface area contributed by atoms with Crippen LogP contribution >= 0.6 is 0 Å². The lowest BCUT2D eigenvalue weighted by Crippen LogP contribution is -1.99. The minimum Gasteiger partial charge on any atom is -0.476 e. The highest BCUT2D eigenvalue weighted by molar-refractivity contribution is 6.01. The van der Waals surface area contributed by atoms with Crippen LogP contribution in [0, 0.1) is 6.92 Å². The number of aromatic nitrogens is 1. The van der Waals surface area contributed by atoms with Crippen molar-refractivity contribution in [1.82, 2.24) is 4.98 Å². The monoisotopic (exact) mass is 177 g/mol. The molecule has 0 bridgehead atoms. The number of furan rings is 1. The molecule has 0 amide bonds. The average Bonchev–Trinajstić information content (AvgIpc) is 2.48. The molecule has 2 heterocycles. The molecule has 13 heavy (non-hydrogen) atoms. The summed E-state index contributed by atoms with van der Waals surface area (Å²) in [7, 11) is 0. The molecule has 66 valence electrons. The molecular formula is C9H7NO3. The number of fused-ring (bicyclic) bond motifs is 1. The Morgan fingerprint density at radius 1 is 1.54 bits per heavy atom. The van der Waals surface area contributed by atoms with Crippen LogP contribution in [0.3, 0.4) is 0 Å². The first kappa shape index (κ1) is 7.79. The summed E-state index contributed by atoms with van der Waals surface area (Å²) in [5, 5.41) is 10.1. The Hall–Kier alpha value is -1.84. The molecule has 0 spiro atoms. The van der Waals surface area contributed by atoms with Crippen LogP contribution in [0.1, 0.15) is 16.2 Å². The van der Waals surface area contributed by atoms with Crippen LogP contribution < -0.4 is 0 Å². The molecule has 4 heteroatoms. The maximum Gasteiger partial charge on any atom is 0.355 e.